The van der Waals surface area contributed by atoms with Gasteiger partial charge in [-0.1, -0.05) is 48.0 Å². The van der Waals surface area contributed by atoms with E-state index in [1.54, 1.807) is 42.5 Å². The summed E-state index contributed by atoms with van der Waals surface area (Å²) in [5, 5.41) is 18.9. The van der Waals surface area contributed by atoms with E-state index in [1.807, 2.05) is 6.92 Å². The molecule has 3 N–H and O–H groups in total. The summed E-state index contributed by atoms with van der Waals surface area (Å²) < 4.78 is 27.1. The average molecular weight is 335 g/mol. The van der Waals surface area contributed by atoms with E-state index in [-0.39, 0.29) is 4.90 Å². The summed E-state index contributed by atoms with van der Waals surface area (Å²) in [6, 6.07) is 12.9. The Morgan fingerprint density at radius 2 is 1.61 bits per heavy atom. The first kappa shape index (κ1) is 17.1. The lowest BCUT2D eigenvalue weighted by molar-refractivity contribution is -0.148. The molecular weight excluding hydrogens is 318 g/mol. The molecule has 0 saturated carbocycles. The van der Waals surface area contributed by atoms with Gasteiger partial charge in [-0.05, 0) is 24.6 Å². The molecule has 0 heterocycles. The van der Waals surface area contributed by atoms with Crippen LogP contribution in [0.5, 0.6) is 0 Å². The highest BCUT2D eigenvalue weighted by atomic mass is 32.2. The van der Waals surface area contributed by atoms with Gasteiger partial charge in [0.15, 0.2) is 6.10 Å². The van der Waals surface area contributed by atoms with Gasteiger partial charge in [-0.15, -0.1) is 0 Å². The molecule has 122 valence electrons. The summed E-state index contributed by atoms with van der Waals surface area (Å²) in [6.07, 6.45) is -1.90. The second kappa shape index (κ2) is 6.91. The fourth-order valence-corrected chi connectivity index (χ4v) is 3.30. The highest BCUT2D eigenvalue weighted by Crippen LogP contribution is 2.21. The second-order valence-corrected chi connectivity index (χ2v) is 6.82. The van der Waals surface area contributed by atoms with Gasteiger partial charge >= 0.3 is 5.97 Å². The van der Waals surface area contributed by atoms with Gasteiger partial charge in [-0.2, -0.15) is 0 Å². The van der Waals surface area contributed by atoms with Crippen LogP contribution in [0.4, 0.5) is 0 Å². The number of carboxylic acid groups (broad SMARTS) is 1. The van der Waals surface area contributed by atoms with Crippen LogP contribution in [0.1, 0.15) is 17.2 Å². The molecule has 0 aliphatic heterocycles. The van der Waals surface area contributed by atoms with Crippen molar-refractivity contribution < 1.29 is 23.4 Å². The minimum Gasteiger partial charge on any atom is -0.479 e. The quantitative estimate of drug-likeness (QED) is 0.741. The van der Waals surface area contributed by atoms with Crippen molar-refractivity contribution >= 4 is 16.0 Å². The molecule has 0 radical (unpaired) electrons. The van der Waals surface area contributed by atoms with E-state index in [0.29, 0.717) is 5.56 Å². The Morgan fingerprint density at radius 1 is 1.04 bits per heavy atom. The van der Waals surface area contributed by atoms with Crippen molar-refractivity contribution in [3.63, 3.8) is 0 Å². The topological polar surface area (TPSA) is 104 Å². The Kier molecular flexibility index (Phi) is 5.15. The lowest BCUT2D eigenvalue weighted by Gasteiger charge is -2.22. The van der Waals surface area contributed by atoms with Crippen LogP contribution < -0.4 is 4.72 Å². The molecule has 0 amide bonds. The third kappa shape index (κ3) is 4.16. The number of aliphatic hydroxyl groups excluding tert-OH is 1. The van der Waals surface area contributed by atoms with Crippen molar-refractivity contribution in [2.45, 2.75) is 24.0 Å². The van der Waals surface area contributed by atoms with E-state index < -0.39 is 28.1 Å². The van der Waals surface area contributed by atoms with Crippen molar-refractivity contribution in [2.75, 3.05) is 0 Å². The predicted molar refractivity (Wildman–Crippen MR) is 84.3 cm³/mol. The van der Waals surface area contributed by atoms with Crippen LogP contribution in [-0.4, -0.2) is 30.7 Å². The maximum absolute atomic E-state index is 12.4. The summed E-state index contributed by atoms with van der Waals surface area (Å²) in [5.74, 6) is -1.51. The lowest BCUT2D eigenvalue weighted by Crippen LogP contribution is -2.40. The van der Waals surface area contributed by atoms with Gasteiger partial charge in [-0.3, -0.25) is 0 Å². The highest BCUT2D eigenvalue weighted by Gasteiger charge is 2.31. The summed E-state index contributed by atoms with van der Waals surface area (Å²) >= 11 is 0. The van der Waals surface area contributed by atoms with E-state index in [9.17, 15) is 18.3 Å². The number of hydrogen-bond donors (Lipinski definition) is 3. The molecule has 2 atom stereocenters. The summed E-state index contributed by atoms with van der Waals surface area (Å²) in [7, 11) is -3.98. The Morgan fingerprint density at radius 3 is 2.13 bits per heavy atom. The van der Waals surface area contributed by atoms with Gasteiger partial charge in [0, 0.05) is 0 Å². The Hall–Kier alpha value is -2.22. The van der Waals surface area contributed by atoms with Crippen LogP contribution in [0.2, 0.25) is 0 Å². The number of benzene rings is 2. The smallest absolute Gasteiger partial charge is 0.334 e. The molecule has 0 fully saturated rings. The number of aryl methyl sites for hydroxylation is 1. The molecule has 0 aliphatic carbocycles. The fraction of sp³-hybridized carbons (Fsp3) is 0.188. The number of rotatable bonds is 6. The van der Waals surface area contributed by atoms with Gasteiger partial charge in [0.05, 0.1) is 10.9 Å². The zero-order valence-electron chi connectivity index (χ0n) is 12.4. The van der Waals surface area contributed by atoms with E-state index in [1.165, 1.54) is 12.1 Å². The third-order valence-corrected chi connectivity index (χ3v) is 4.80. The van der Waals surface area contributed by atoms with Crippen molar-refractivity contribution in [3.05, 3.63) is 65.7 Å². The predicted octanol–water partition coefficient (Wildman–Crippen LogP) is 1.46. The Balaban J connectivity index is 2.37. The average Bonchev–Trinajstić information content (AvgIpc) is 2.53. The number of nitrogens with one attached hydrogen (secondary N) is 1. The summed E-state index contributed by atoms with van der Waals surface area (Å²) in [6.45, 7) is 1.82. The van der Waals surface area contributed by atoms with Crippen molar-refractivity contribution in [3.8, 4) is 0 Å². The number of aliphatic hydroxyl groups is 1. The summed E-state index contributed by atoms with van der Waals surface area (Å²) in [5.41, 5.74) is 1.26. The second-order valence-electron chi connectivity index (χ2n) is 5.11. The molecule has 23 heavy (non-hydrogen) atoms. The number of aliphatic carboxylic acids is 1. The standard InChI is InChI=1S/C16H17NO5S/c1-11-7-9-13(10-8-11)23(21,22)17-14(15(18)16(19)20)12-5-3-2-4-6-12/h2-10,14-15,17-18H,1H3,(H,19,20)/t14-,15+/m0/s1. The molecule has 0 aromatic heterocycles. The monoisotopic (exact) mass is 335 g/mol. The Bertz CT molecular complexity index is 772. The van der Waals surface area contributed by atoms with Crippen molar-refractivity contribution in [2.24, 2.45) is 0 Å². The number of sulfonamides is 1. The summed E-state index contributed by atoms with van der Waals surface area (Å²) in [4.78, 5) is 11.1. The zero-order valence-corrected chi connectivity index (χ0v) is 13.2. The van der Waals surface area contributed by atoms with Crippen LogP contribution in [-0.2, 0) is 14.8 Å². The van der Waals surface area contributed by atoms with Crippen LogP contribution in [0, 0.1) is 6.92 Å². The van der Waals surface area contributed by atoms with Gasteiger partial charge in [0.25, 0.3) is 0 Å². The van der Waals surface area contributed by atoms with Crippen LogP contribution in [0.3, 0.4) is 0 Å². The molecule has 2 aromatic carbocycles. The largest absolute Gasteiger partial charge is 0.479 e. The van der Waals surface area contributed by atoms with Gasteiger partial charge < -0.3 is 10.2 Å². The molecule has 0 unspecified atom stereocenters. The normalized spacial score (nSPS) is 14.2. The lowest BCUT2D eigenvalue weighted by atomic mass is 10.0. The van der Waals surface area contributed by atoms with E-state index >= 15 is 0 Å². The molecule has 2 rings (SSSR count). The van der Waals surface area contributed by atoms with E-state index in [4.69, 9.17) is 5.11 Å². The molecule has 0 saturated heterocycles. The van der Waals surface area contributed by atoms with Crippen LogP contribution in [0.15, 0.2) is 59.5 Å². The number of carboxylic acids is 1. The van der Waals surface area contributed by atoms with Gasteiger partial charge in [0.1, 0.15) is 0 Å². The van der Waals surface area contributed by atoms with Gasteiger partial charge in [-0.25, -0.2) is 17.9 Å². The SMILES string of the molecule is Cc1ccc(S(=O)(=O)N[C@@H](c2ccccc2)[C@@H](O)C(=O)O)cc1. The molecule has 0 aliphatic rings. The molecular formula is C16H17NO5S. The van der Waals surface area contributed by atoms with Crippen LogP contribution >= 0.6 is 0 Å². The molecule has 7 heteroatoms. The minimum atomic E-state index is -3.98. The third-order valence-electron chi connectivity index (χ3n) is 3.34. The van der Waals surface area contributed by atoms with E-state index in [0.717, 1.165) is 5.56 Å². The maximum atomic E-state index is 12.4. The zero-order chi connectivity index (χ0) is 17.0. The number of carbonyl (C=O) groups is 1. The number of hydrogen-bond acceptors (Lipinski definition) is 4. The van der Waals surface area contributed by atoms with Crippen molar-refractivity contribution in [1.82, 2.24) is 4.72 Å². The van der Waals surface area contributed by atoms with Crippen LogP contribution in [0.25, 0.3) is 0 Å². The first-order valence-corrected chi connectivity index (χ1v) is 8.34. The van der Waals surface area contributed by atoms with Crippen molar-refractivity contribution in [1.29, 1.82) is 0 Å². The molecule has 0 spiro atoms. The minimum absolute atomic E-state index is 0.00150. The first-order chi connectivity index (χ1) is 10.8. The Labute approximate surface area is 134 Å². The van der Waals surface area contributed by atoms with Gasteiger partial charge in [0.2, 0.25) is 10.0 Å². The first-order valence-electron chi connectivity index (χ1n) is 6.86. The van der Waals surface area contributed by atoms with E-state index in [2.05, 4.69) is 4.72 Å². The molecule has 6 nitrogen and oxygen atoms in total. The maximum Gasteiger partial charge on any atom is 0.334 e. The fourth-order valence-electron chi connectivity index (χ4n) is 2.07. The molecule has 0 bridgehead atoms. The molecule has 2 aromatic rings. The highest BCUT2D eigenvalue weighted by molar-refractivity contribution is 7.89.